The zero-order valence-electron chi connectivity index (χ0n) is 33.8. The van der Waals surface area contributed by atoms with Crippen LogP contribution in [-0.4, -0.2) is 49.9 Å². The summed E-state index contributed by atoms with van der Waals surface area (Å²) < 4.78 is 33.4. The molecule has 0 saturated carbocycles. The fourth-order valence-corrected chi connectivity index (χ4v) is 6.60. The molecule has 9 heteroatoms. The average molecular weight is 756 g/mol. The number of hydrogen-bond acceptors (Lipinski definition) is 7. The van der Waals surface area contributed by atoms with Crippen molar-refractivity contribution in [2.75, 3.05) is 33.0 Å². The van der Waals surface area contributed by atoms with Crippen molar-refractivity contribution in [1.82, 2.24) is 0 Å². The molecule has 0 saturated heterocycles. The van der Waals surface area contributed by atoms with E-state index in [1.807, 2.05) is 0 Å². The van der Waals surface area contributed by atoms with Crippen molar-refractivity contribution in [2.24, 2.45) is 5.73 Å². The third-order valence-corrected chi connectivity index (χ3v) is 10.0. The Kier molecular flexibility index (Phi) is 39.9. The number of carbonyl (C=O) groups is 1. The van der Waals surface area contributed by atoms with E-state index < -0.39 is 13.9 Å². The number of unbranched alkanes of at least 4 members (excludes halogenated alkanes) is 22. The van der Waals surface area contributed by atoms with Crippen LogP contribution in [0.4, 0.5) is 0 Å². The summed E-state index contributed by atoms with van der Waals surface area (Å²) in [6.07, 6.45) is 45.9. The van der Waals surface area contributed by atoms with Crippen LogP contribution in [0.5, 0.6) is 0 Å². The molecule has 8 nitrogen and oxygen atoms in total. The standard InChI is InChI=1S/C43H82NO7P/c1-3-5-7-9-11-13-15-17-18-19-20-21-22-23-24-25-26-28-30-32-34-36-43(45)51-42(41-50-52(46,47)49-39-37-44)40-48-38-35-33-31-29-27-16-14-12-10-8-6-4-2/h10,12,15,17,19-20,42H,3-9,11,13-14,16,18,21-41,44H2,1-2H3,(H,46,47)/b12-10-,17-15-,20-19-. The van der Waals surface area contributed by atoms with E-state index in [9.17, 15) is 14.3 Å². The van der Waals surface area contributed by atoms with Crippen LogP contribution in [0.2, 0.25) is 0 Å². The highest BCUT2D eigenvalue weighted by Gasteiger charge is 2.25. The minimum absolute atomic E-state index is 0.0976. The summed E-state index contributed by atoms with van der Waals surface area (Å²) in [5.74, 6) is -0.337. The molecule has 2 atom stereocenters. The highest BCUT2D eigenvalue weighted by atomic mass is 31.2. The van der Waals surface area contributed by atoms with Gasteiger partial charge in [-0.05, 0) is 64.2 Å². The Bertz CT molecular complexity index is 895. The smallest absolute Gasteiger partial charge is 0.457 e. The number of carbonyl (C=O) groups excluding carboxylic acids is 1. The third-order valence-electron chi connectivity index (χ3n) is 9.03. The number of nitrogens with two attached hydrogens (primary N) is 1. The van der Waals surface area contributed by atoms with Crippen molar-refractivity contribution >= 4 is 13.8 Å². The van der Waals surface area contributed by atoms with Gasteiger partial charge >= 0.3 is 13.8 Å². The Morgan fingerprint density at radius 3 is 1.58 bits per heavy atom. The molecule has 3 N–H and O–H groups in total. The molecule has 0 aromatic carbocycles. The summed E-state index contributed by atoms with van der Waals surface area (Å²) in [5, 5.41) is 0. The molecule has 0 rings (SSSR count). The Morgan fingerprint density at radius 1 is 0.577 bits per heavy atom. The Morgan fingerprint density at radius 2 is 1.04 bits per heavy atom. The van der Waals surface area contributed by atoms with Crippen LogP contribution in [0, 0.1) is 0 Å². The number of phosphoric ester groups is 1. The van der Waals surface area contributed by atoms with Crippen molar-refractivity contribution in [3.8, 4) is 0 Å². The highest BCUT2D eigenvalue weighted by molar-refractivity contribution is 7.47. The second-order valence-corrected chi connectivity index (χ2v) is 15.7. The topological polar surface area (TPSA) is 117 Å². The van der Waals surface area contributed by atoms with Gasteiger partial charge in [0, 0.05) is 19.6 Å². The quantitative estimate of drug-likeness (QED) is 0.0274. The summed E-state index contributed by atoms with van der Waals surface area (Å²) in [4.78, 5) is 22.5. The Balaban J connectivity index is 4.00. The first-order chi connectivity index (χ1) is 25.4. The van der Waals surface area contributed by atoms with Gasteiger partial charge < -0.3 is 20.1 Å². The SMILES string of the molecule is CCCC/C=C\CCCCCCCCOCC(COP(=O)(O)OCCN)OC(=O)CCCCCCCCCCC/C=C\C/C=C\CCCCCCC. The minimum Gasteiger partial charge on any atom is -0.457 e. The first-order valence-corrected chi connectivity index (χ1v) is 23.0. The van der Waals surface area contributed by atoms with Crippen LogP contribution in [-0.2, 0) is 27.9 Å². The van der Waals surface area contributed by atoms with Crippen molar-refractivity contribution in [3.63, 3.8) is 0 Å². The third kappa shape index (κ3) is 39.9. The fraction of sp³-hybridized carbons (Fsp3) is 0.837. The summed E-state index contributed by atoms with van der Waals surface area (Å²) in [7, 11) is -4.28. The van der Waals surface area contributed by atoms with E-state index in [0.29, 0.717) is 13.0 Å². The van der Waals surface area contributed by atoms with E-state index in [2.05, 4.69) is 50.3 Å². The molecular formula is C43H82NO7P. The largest absolute Gasteiger partial charge is 0.472 e. The van der Waals surface area contributed by atoms with Crippen molar-refractivity contribution in [2.45, 2.75) is 200 Å². The lowest BCUT2D eigenvalue weighted by Crippen LogP contribution is -2.28. The second-order valence-electron chi connectivity index (χ2n) is 14.2. The van der Waals surface area contributed by atoms with Gasteiger partial charge in [-0.25, -0.2) is 4.57 Å². The maximum atomic E-state index is 12.6. The van der Waals surface area contributed by atoms with Crippen LogP contribution in [0.1, 0.15) is 194 Å². The molecule has 0 aromatic rings. The number of rotatable bonds is 41. The van der Waals surface area contributed by atoms with E-state index in [4.69, 9.17) is 24.3 Å². The number of esters is 1. The lowest BCUT2D eigenvalue weighted by molar-refractivity contribution is -0.154. The average Bonchev–Trinajstić information content (AvgIpc) is 3.13. The van der Waals surface area contributed by atoms with Crippen LogP contribution < -0.4 is 5.73 Å². The maximum Gasteiger partial charge on any atom is 0.472 e. The van der Waals surface area contributed by atoms with Gasteiger partial charge in [-0.1, -0.05) is 159 Å². The van der Waals surface area contributed by atoms with E-state index in [1.54, 1.807) is 0 Å². The van der Waals surface area contributed by atoms with E-state index in [0.717, 1.165) is 38.5 Å². The molecule has 0 heterocycles. The molecule has 52 heavy (non-hydrogen) atoms. The summed E-state index contributed by atoms with van der Waals surface area (Å²) >= 11 is 0. The predicted octanol–water partition coefficient (Wildman–Crippen LogP) is 12.6. The number of hydrogen-bond donors (Lipinski definition) is 2. The lowest BCUT2D eigenvalue weighted by atomic mass is 10.1. The van der Waals surface area contributed by atoms with Crippen LogP contribution in [0.15, 0.2) is 36.5 Å². The number of phosphoric acid groups is 1. The first-order valence-electron chi connectivity index (χ1n) is 21.5. The Labute approximate surface area is 320 Å². The molecule has 0 fully saturated rings. The lowest BCUT2D eigenvalue weighted by Gasteiger charge is -2.20. The highest BCUT2D eigenvalue weighted by Crippen LogP contribution is 2.43. The molecule has 0 aliphatic rings. The number of allylic oxidation sites excluding steroid dienone is 6. The summed E-state index contributed by atoms with van der Waals surface area (Å²) in [5.41, 5.74) is 5.36. The molecule has 0 spiro atoms. The first kappa shape index (κ1) is 50.7. The molecule has 0 amide bonds. The van der Waals surface area contributed by atoms with Crippen LogP contribution in [0.3, 0.4) is 0 Å². The van der Waals surface area contributed by atoms with Gasteiger partial charge in [-0.2, -0.15) is 0 Å². The zero-order valence-corrected chi connectivity index (χ0v) is 34.7. The second kappa shape index (κ2) is 40.9. The molecule has 0 aliphatic heterocycles. The van der Waals surface area contributed by atoms with Gasteiger partial charge in [0.05, 0.1) is 19.8 Å². The van der Waals surface area contributed by atoms with Crippen molar-refractivity contribution in [3.05, 3.63) is 36.5 Å². The molecule has 2 unspecified atom stereocenters. The van der Waals surface area contributed by atoms with Gasteiger partial charge in [-0.3, -0.25) is 13.8 Å². The maximum absolute atomic E-state index is 12.6. The van der Waals surface area contributed by atoms with Crippen LogP contribution >= 0.6 is 7.82 Å². The monoisotopic (exact) mass is 756 g/mol. The van der Waals surface area contributed by atoms with Gasteiger partial charge in [-0.15, -0.1) is 0 Å². The van der Waals surface area contributed by atoms with Crippen LogP contribution in [0.25, 0.3) is 0 Å². The summed E-state index contributed by atoms with van der Waals surface area (Å²) in [6, 6.07) is 0. The van der Waals surface area contributed by atoms with E-state index in [-0.39, 0.29) is 32.3 Å². The Hall–Kier alpha value is -1.28. The molecule has 0 aromatic heterocycles. The van der Waals surface area contributed by atoms with E-state index in [1.165, 1.54) is 135 Å². The molecule has 0 radical (unpaired) electrons. The zero-order chi connectivity index (χ0) is 38.1. The van der Waals surface area contributed by atoms with Crippen molar-refractivity contribution in [1.29, 1.82) is 0 Å². The molecule has 0 bridgehead atoms. The molecule has 0 aliphatic carbocycles. The normalized spacial score (nSPS) is 13.8. The van der Waals surface area contributed by atoms with E-state index >= 15 is 0 Å². The van der Waals surface area contributed by atoms with Gasteiger partial charge in [0.2, 0.25) is 0 Å². The molecule has 306 valence electrons. The fourth-order valence-electron chi connectivity index (χ4n) is 5.83. The predicted molar refractivity (Wildman–Crippen MR) is 220 cm³/mol. The summed E-state index contributed by atoms with van der Waals surface area (Å²) in [6.45, 7) is 4.87. The van der Waals surface area contributed by atoms with Gasteiger partial charge in [0.1, 0.15) is 6.10 Å². The van der Waals surface area contributed by atoms with Crippen molar-refractivity contribution < 1.29 is 32.8 Å². The number of ether oxygens (including phenoxy) is 2. The van der Waals surface area contributed by atoms with Gasteiger partial charge in [0.25, 0.3) is 0 Å². The molecular weight excluding hydrogens is 673 g/mol. The minimum atomic E-state index is -4.28. The van der Waals surface area contributed by atoms with Gasteiger partial charge in [0.15, 0.2) is 0 Å².